The lowest BCUT2D eigenvalue weighted by atomic mass is 9.81. The van der Waals surface area contributed by atoms with Gasteiger partial charge in [-0.1, -0.05) is 40.2 Å². The molecule has 0 aliphatic carbocycles. The second kappa shape index (κ2) is 7.26. The first-order valence-electron chi connectivity index (χ1n) is 8.30. The Bertz CT molecular complexity index is 692. The van der Waals surface area contributed by atoms with Gasteiger partial charge in [0.05, 0.1) is 12.2 Å². The Morgan fingerprint density at radius 1 is 1.08 bits per heavy atom. The average Bonchev–Trinajstić information content (AvgIpc) is 2.54. The Balaban J connectivity index is 1.91. The van der Waals surface area contributed by atoms with Gasteiger partial charge in [0.15, 0.2) is 0 Å². The molecule has 3 nitrogen and oxygen atoms in total. The van der Waals surface area contributed by atoms with Crippen LogP contribution in [0.2, 0.25) is 0 Å². The second-order valence-electron chi connectivity index (χ2n) is 6.87. The van der Waals surface area contributed by atoms with E-state index in [0.717, 1.165) is 15.6 Å². The fourth-order valence-corrected chi connectivity index (χ4v) is 3.74. The third-order valence-electron chi connectivity index (χ3n) is 4.56. The maximum atomic E-state index is 13.3. The number of amides is 1. The smallest absolute Gasteiger partial charge is 0.217 e. The van der Waals surface area contributed by atoms with E-state index in [1.165, 1.54) is 19.1 Å². The molecule has 1 aliphatic heterocycles. The van der Waals surface area contributed by atoms with Gasteiger partial charge in [0.25, 0.3) is 0 Å². The Labute approximate surface area is 155 Å². The summed E-state index contributed by atoms with van der Waals surface area (Å²) in [6.07, 6.45) is 0.977. The van der Waals surface area contributed by atoms with Crippen LogP contribution in [0, 0.1) is 5.82 Å². The molecule has 3 rings (SSSR count). The second-order valence-corrected chi connectivity index (χ2v) is 7.78. The topological polar surface area (TPSA) is 38.3 Å². The minimum absolute atomic E-state index is 0.0585. The van der Waals surface area contributed by atoms with E-state index in [0.29, 0.717) is 12.8 Å². The predicted octanol–water partition coefficient (Wildman–Crippen LogP) is 5.08. The quantitative estimate of drug-likeness (QED) is 0.773. The van der Waals surface area contributed by atoms with Crippen LogP contribution in [0.25, 0.3) is 0 Å². The summed E-state index contributed by atoms with van der Waals surface area (Å²) in [5, 5.41) is 3.08. The third kappa shape index (κ3) is 4.47. The van der Waals surface area contributed by atoms with Crippen LogP contribution in [-0.2, 0) is 9.53 Å². The van der Waals surface area contributed by atoms with Gasteiger partial charge in [0.1, 0.15) is 5.82 Å². The molecule has 1 saturated heterocycles. The van der Waals surface area contributed by atoms with Gasteiger partial charge in [0.2, 0.25) is 5.91 Å². The molecule has 3 atom stereocenters. The molecule has 2 aromatic carbocycles. The Hall–Kier alpha value is -1.72. The molecular weight excluding hydrogens is 385 g/mol. The molecule has 0 bridgehead atoms. The first kappa shape index (κ1) is 18.1. The van der Waals surface area contributed by atoms with E-state index >= 15 is 0 Å². The highest BCUT2D eigenvalue weighted by molar-refractivity contribution is 9.10. The lowest BCUT2D eigenvalue weighted by Gasteiger charge is -2.43. The zero-order valence-corrected chi connectivity index (χ0v) is 15.8. The maximum absolute atomic E-state index is 13.3. The Morgan fingerprint density at radius 3 is 2.04 bits per heavy atom. The number of carbonyl (C=O) groups is 1. The largest absolute Gasteiger partial charge is 0.365 e. The molecule has 5 heteroatoms. The van der Waals surface area contributed by atoms with E-state index in [2.05, 4.69) is 21.2 Å². The summed E-state index contributed by atoms with van der Waals surface area (Å²) in [5.41, 5.74) is 1.59. The van der Waals surface area contributed by atoms with Crippen molar-refractivity contribution in [3.8, 4) is 0 Å². The van der Waals surface area contributed by atoms with E-state index in [1.807, 2.05) is 31.2 Å². The molecule has 1 N–H and O–H groups in total. The van der Waals surface area contributed by atoms with E-state index in [1.54, 1.807) is 12.1 Å². The van der Waals surface area contributed by atoms with Gasteiger partial charge in [-0.25, -0.2) is 4.39 Å². The van der Waals surface area contributed by atoms with Crippen LogP contribution in [0.15, 0.2) is 53.0 Å². The molecule has 0 unspecified atom stereocenters. The van der Waals surface area contributed by atoms with E-state index in [9.17, 15) is 9.18 Å². The molecular formula is C20H21BrFNO2. The summed E-state index contributed by atoms with van der Waals surface area (Å²) in [7, 11) is 0. The van der Waals surface area contributed by atoms with Crippen molar-refractivity contribution in [3.63, 3.8) is 0 Å². The number of hydrogen-bond donors (Lipinski definition) is 1. The highest BCUT2D eigenvalue weighted by Gasteiger charge is 2.39. The molecule has 1 heterocycles. The number of nitrogens with one attached hydrogen (secondary N) is 1. The van der Waals surface area contributed by atoms with Gasteiger partial charge in [-0.2, -0.15) is 0 Å². The molecule has 0 saturated carbocycles. The van der Waals surface area contributed by atoms with Crippen LogP contribution in [0.5, 0.6) is 0 Å². The predicted molar refractivity (Wildman–Crippen MR) is 98.6 cm³/mol. The van der Waals surface area contributed by atoms with Crippen LogP contribution >= 0.6 is 15.9 Å². The molecule has 1 fully saturated rings. The summed E-state index contributed by atoms with van der Waals surface area (Å²) in [5.74, 6) is -0.328. The number of ether oxygens (including phenoxy) is 1. The molecule has 25 heavy (non-hydrogen) atoms. The monoisotopic (exact) mass is 405 g/mol. The lowest BCUT2D eigenvalue weighted by Crippen LogP contribution is -2.50. The van der Waals surface area contributed by atoms with Crippen molar-refractivity contribution in [1.29, 1.82) is 0 Å². The molecule has 0 spiro atoms. The summed E-state index contributed by atoms with van der Waals surface area (Å²) < 4.78 is 20.6. The van der Waals surface area contributed by atoms with Crippen molar-refractivity contribution in [3.05, 3.63) is 69.9 Å². The van der Waals surface area contributed by atoms with Crippen molar-refractivity contribution in [1.82, 2.24) is 5.32 Å². The normalized spacial score (nSPS) is 26.2. The Morgan fingerprint density at radius 2 is 1.56 bits per heavy atom. The third-order valence-corrected chi connectivity index (χ3v) is 5.09. The summed E-state index contributed by atoms with van der Waals surface area (Å²) in [4.78, 5) is 11.7. The number of halogens is 2. The van der Waals surface area contributed by atoms with Crippen molar-refractivity contribution < 1.29 is 13.9 Å². The minimum Gasteiger partial charge on any atom is -0.365 e. The van der Waals surface area contributed by atoms with Crippen LogP contribution in [0.4, 0.5) is 4.39 Å². The first-order valence-corrected chi connectivity index (χ1v) is 9.09. The van der Waals surface area contributed by atoms with Gasteiger partial charge in [-0.05, 0) is 42.3 Å². The minimum atomic E-state index is -0.388. The molecule has 0 aromatic heterocycles. The van der Waals surface area contributed by atoms with Crippen molar-refractivity contribution in [2.75, 3.05) is 0 Å². The van der Waals surface area contributed by atoms with E-state index in [4.69, 9.17) is 4.74 Å². The number of benzene rings is 2. The highest BCUT2D eigenvalue weighted by Crippen LogP contribution is 2.43. The van der Waals surface area contributed by atoms with Crippen molar-refractivity contribution in [2.24, 2.45) is 0 Å². The summed E-state index contributed by atoms with van der Waals surface area (Å²) in [6, 6.07) is 14.4. The lowest BCUT2D eigenvalue weighted by molar-refractivity contribution is -0.126. The highest BCUT2D eigenvalue weighted by atomic mass is 79.9. The maximum Gasteiger partial charge on any atom is 0.217 e. The number of carbonyl (C=O) groups excluding carboxylic acids is 1. The number of hydrogen-bond acceptors (Lipinski definition) is 2. The zero-order chi connectivity index (χ0) is 18.0. The molecule has 1 aliphatic rings. The fraction of sp³-hybridized carbons (Fsp3) is 0.350. The van der Waals surface area contributed by atoms with Crippen LogP contribution in [0.1, 0.15) is 50.0 Å². The Kier molecular flexibility index (Phi) is 5.25. The van der Waals surface area contributed by atoms with Gasteiger partial charge >= 0.3 is 0 Å². The van der Waals surface area contributed by atoms with E-state index < -0.39 is 0 Å². The van der Waals surface area contributed by atoms with Gasteiger partial charge in [-0.15, -0.1) is 0 Å². The average molecular weight is 406 g/mol. The summed E-state index contributed by atoms with van der Waals surface area (Å²) in [6.45, 7) is 3.57. The van der Waals surface area contributed by atoms with Crippen LogP contribution in [-0.4, -0.2) is 11.4 Å². The summed E-state index contributed by atoms with van der Waals surface area (Å²) >= 11 is 3.45. The number of rotatable bonds is 3. The van der Waals surface area contributed by atoms with Gasteiger partial charge in [-0.3, -0.25) is 4.79 Å². The molecule has 1 amide bonds. The molecule has 0 radical (unpaired) electrons. The van der Waals surface area contributed by atoms with Crippen LogP contribution < -0.4 is 5.32 Å². The van der Waals surface area contributed by atoms with Gasteiger partial charge in [0, 0.05) is 29.8 Å². The molecule has 2 aromatic rings. The zero-order valence-electron chi connectivity index (χ0n) is 14.3. The fourth-order valence-electron chi connectivity index (χ4n) is 3.47. The van der Waals surface area contributed by atoms with Crippen molar-refractivity contribution >= 4 is 21.8 Å². The van der Waals surface area contributed by atoms with Crippen molar-refractivity contribution in [2.45, 2.75) is 44.4 Å². The standard InChI is InChI=1S/C20H21BrFNO2/c1-13(24)23-20(2)11-18(14-3-7-16(21)8-4-14)25-19(12-20)15-5-9-17(22)10-6-15/h3-10,18-19H,11-12H2,1-2H3,(H,23,24)/t18-,19+,20+/m1/s1. The SMILES string of the molecule is CC(=O)N[C@]1(C)C[C@@H](c2ccc(F)cc2)O[C@@H](c2ccc(Br)cc2)C1. The van der Waals surface area contributed by atoms with Crippen LogP contribution in [0.3, 0.4) is 0 Å². The molecule has 132 valence electrons. The first-order chi connectivity index (χ1) is 11.8. The van der Waals surface area contributed by atoms with E-state index in [-0.39, 0.29) is 29.5 Å². The van der Waals surface area contributed by atoms with Gasteiger partial charge < -0.3 is 10.1 Å².